The Labute approximate surface area is 138 Å². The van der Waals surface area contributed by atoms with Gasteiger partial charge in [-0.25, -0.2) is 4.79 Å². The standard InChI is InChI=1S/C18H14N2O4/c1-23-13-5-6-17(21)14(8-13)18(22)24-11-12-10-20-7-3-2-4-16(20)15(12)9-19/h2-8,10,21H,11H2,1H3. The maximum absolute atomic E-state index is 12.2. The topological polar surface area (TPSA) is 84.0 Å². The van der Waals surface area contributed by atoms with Gasteiger partial charge in [0.25, 0.3) is 0 Å². The minimum Gasteiger partial charge on any atom is -0.507 e. The first kappa shape index (κ1) is 15.4. The number of fused-ring (bicyclic) bond motifs is 1. The number of nitriles is 1. The van der Waals surface area contributed by atoms with E-state index >= 15 is 0 Å². The second-order valence-electron chi connectivity index (χ2n) is 5.09. The summed E-state index contributed by atoms with van der Waals surface area (Å²) in [6, 6.07) is 11.9. The molecular formula is C18H14N2O4. The molecule has 1 N–H and O–H groups in total. The maximum atomic E-state index is 12.2. The Morgan fingerprint density at radius 1 is 1.33 bits per heavy atom. The number of phenols is 1. The van der Waals surface area contributed by atoms with E-state index in [0.29, 0.717) is 16.9 Å². The fourth-order valence-electron chi connectivity index (χ4n) is 2.44. The molecule has 0 aliphatic rings. The van der Waals surface area contributed by atoms with Gasteiger partial charge in [0.05, 0.1) is 18.2 Å². The highest BCUT2D eigenvalue weighted by atomic mass is 16.5. The second-order valence-corrected chi connectivity index (χ2v) is 5.09. The van der Waals surface area contributed by atoms with Crippen LogP contribution in [-0.2, 0) is 11.3 Å². The van der Waals surface area contributed by atoms with Gasteiger partial charge >= 0.3 is 5.97 Å². The van der Waals surface area contributed by atoms with Crippen molar-refractivity contribution in [2.75, 3.05) is 7.11 Å². The summed E-state index contributed by atoms with van der Waals surface area (Å²) in [6.45, 7) is -0.0694. The number of ether oxygens (including phenoxy) is 2. The predicted molar refractivity (Wildman–Crippen MR) is 85.9 cm³/mol. The van der Waals surface area contributed by atoms with Crippen LogP contribution in [0.5, 0.6) is 11.5 Å². The number of phenolic OH excluding ortho intramolecular Hbond substituents is 1. The van der Waals surface area contributed by atoms with Gasteiger partial charge < -0.3 is 19.0 Å². The molecule has 6 nitrogen and oxygen atoms in total. The van der Waals surface area contributed by atoms with E-state index in [1.54, 1.807) is 16.7 Å². The van der Waals surface area contributed by atoms with E-state index in [1.165, 1.54) is 19.2 Å². The predicted octanol–water partition coefficient (Wildman–Crippen LogP) is 2.88. The molecule has 0 saturated carbocycles. The van der Waals surface area contributed by atoms with Crippen LogP contribution in [0.4, 0.5) is 0 Å². The minimum atomic E-state index is -0.689. The van der Waals surface area contributed by atoms with Crippen LogP contribution < -0.4 is 4.74 Å². The molecule has 24 heavy (non-hydrogen) atoms. The van der Waals surface area contributed by atoms with Crippen molar-refractivity contribution >= 4 is 11.5 Å². The van der Waals surface area contributed by atoms with Crippen LogP contribution in [0.25, 0.3) is 5.52 Å². The number of pyridine rings is 1. The fraction of sp³-hybridized carbons (Fsp3) is 0.111. The third kappa shape index (κ3) is 2.75. The summed E-state index contributed by atoms with van der Waals surface area (Å²) in [4.78, 5) is 12.2. The average molecular weight is 322 g/mol. The molecule has 0 amide bonds. The van der Waals surface area contributed by atoms with Gasteiger partial charge in [-0.2, -0.15) is 5.26 Å². The molecule has 0 spiro atoms. The Morgan fingerprint density at radius 3 is 2.92 bits per heavy atom. The highest BCUT2D eigenvalue weighted by molar-refractivity contribution is 5.92. The van der Waals surface area contributed by atoms with Gasteiger partial charge in [-0.3, -0.25) is 0 Å². The zero-order valence-electron chi connectivity index (χ0n) is 12.9. The van der Waals surface area contributed by atoms with Crippen LogP contribution in [0.3, 0.4) is 0 Å². The first-order valence-corrected chi connectivity index (χ1v) is 7.17. The molecule has 3 rings (SSSR count). The van der Waals surface area contributed by atoms with Gasteiger partial charge in [0, 0.05) is 18.0 Å². The van der Waals surface area contributed by atoms with Crippen LogP contribution in [-0.4, -0.2) is 22.6 Å². The molecule has 0 aliphatic carbocycles. The van der Waals surface area contributed by atoms with Crippen LogP contribution in [0.1, 0.15) is 21.5 Å². The maximum Gasteiger partial charge on any atom is 0.342 e. The molecule has 0 atom stereocenters. The molecule has 2 heterocycles. The van der Waals surface area contributed by atoms with E-state index in [9.17, 15) is 15.2 Å². The number of esters is 1. The van der Waals surface area contributed by atoms with Gasteiger partial charge in [0.2, 0.25) is 0 Å². The Bertz CT molecular complexity index is 953. The highest BCUT2D eigenvalue weighted by Gasteiger charge is 2.16. The first-order valence-electron chi connectivity index (χ1n) is 7.17. The zero-order chi connectivity index (χ0) is 17.1. The van der Waals surface area contributed by atoms with E-state index in [0.717, 1.165) is 5.52 Å². The van der Waals surface area contributed by atoms with Crippen molar-refractivity contribution in [3.05, 3.63) is 65.5 Å². The number of hydrogen-bond donors (Lipinski definition) is 1. The molecule has 1 aromatic carbocycles. The van der Waals surface area contributed by atoms with Crippen LogP contribution in [0.15, 0.2) is 48.8 Å². The normalized spacial score (nSPS) is 10.3. The molecule has 0 unspecified atom stereocenters. The van der Waals surface area contributed by atoms with Crippen LogP contribution in [0.2, 0.25) is 0 Å². The van der Waals surface area contributed by atoms with E-state index in [1.807, 2.05) is 24.4 Å². The van der Waals surface area contributed by atoms with Crippen molar-refractivity contribution in [2.24, 2.45) is 0 Å². The lowest BCUT2D eigenvalue weighted by molar-refractivity contribution is 0.0469. The summed E-state index contributed by atoms with van der Waals surface area (Å²) in [6.07, 6.45) is 3.56. The minimum absolute atomic E-state index is 0.0108. The number of benzene rings is 1. The first-order chi connectivity index (χ1) is 11.6. The smallest absolute Gasteiger partial charge is 0.342 e. The molecule has 0 radical (unpaired) electrons. The van der Waals surface area contributed by atoms with Crippen molar-refractivity contribution in [2.45, 2.75) is 6.61 Å². The summed E-state index contributed by atoms with van der Waals surface area (Å²) < 4.78 is 12.1. The number of hydrogen-bond acceptors (Lipinski definition) is 5. The Kier molecular flexibility index (Phi) is 4.08. The molecule has 0 fully saturated rings. The third-order valence-electron chi connectivity index (χ3n) is 3.66. The molecular weight excluding hydrogens is 308 g/mol. The number of aromatic hydroxyl groups is 1. The van der Waals surface area contributed by atoms with E-state index in [2.05, 4.69) is 6.07 Å². The van der Waals surface area contributed by atoms with Crippen LogP contribution in [0, 0.1) is 11.3 Å². The lowest BCUT2D eigenvalue weighted by Gasteiger charge is -2.07. The molecule has 0 aliphatic heterocycles. The summed E-state index contributed by atoms with van der Waals surface area (Å²) >= 11 is 0. The summed E-state index contributed by atoms with van der Waals surface area (Å²) in [7, 11) is 1.47. The summed E-state index contributed by atoms with van der Waals surface area (Å²) in [5.74, 6) is -0.444. The molecule has 120 valence electrons. The average Bonchev–Trinajstić information content (AvgIpc) is 2.97. The second kappa shape index (κ2) is 6.34. The number of rotatable bonds is 4. The largest absolute Gasteiger partial charge is 0.507 e. The third-order valence-corrected chi connectivity index (χ3v) is 3.66. The summed E-state index contributed by atoms with van der Waals surface area (Å²) in [5, 5.41) is 19.1. The molecule has 3 aromatic rings. The Balaban J connectivity index is 1.84. The monoisotopic (exact) mass is 322 g/mol. The molecule has 0 bridgehead atoms. The molecule has 0 saturated heterocycles. The van der Waals surface area contributed by atoms with Gasteiger partial charge in [-0.15, -0.1) is 0 Å². The Hall–Kier alpha value is -3.46. The van der Waals surface area contributed by atoms with Crippen molar-refractivity contribution in [3.63, 3.8) is 0 Å². The van der Waals surface area contributed by atoms with Crippen molar-refractivity contribution in [1.82, 2.24) is 4.40 Å². The van der Waals surface area contributed by atoms with E-state index in [4.69, 9.17) is 9.47 Å². The SMILES string of the molecule is COc1ccc(O)c(C(=O)OCc2cn3ccccc3c2C#N)c1. The molecule has 2 aromatic heterocycles. The number of carbonyl (C=O) groups is 1. The van der Waals surface area contributed by atoms with E-state index in [-0.39, 0.29) is 17.9 Å². The van der Waals surface area contributed by atoms with Gasteiger partial charge in [0.1, 0.15) is 29.7 Å². The van der Waals surface area contributed by atoms with Crippen molar-refractivity contribution < 1.29 is 19.4 Å². The number of nitrogens with zero attached hydrogens (tertiary/aromatic N) is 2. The number of aromatic nitrogens is 1. The molecule has 6 heteroatoms. The fourth-order valence-corrected chi connectivity index (χ4v) is 2.44. The lowest BCUT2D eigenvalue weighted by atomic mass is 10.2. The van der Waals surface area contributed by atoms with Gasteiger partial charge in [-0.05, 0) is 30.3 Å². The van der Waals surface area contributed by atoms with Gasteiger partial charge in [-0.1, -0.05) is 6.07 Å². The van der Waals surface area contributed by atoms with E-state index < -0.39 is 5.97 Å². The quantitative estimate of drug-likeness (QED) is 0.747. The lowest BCUT2D eigenvalue weighted by Crippen LogP contribution is -2.06. The van der Waals surface area contributed by atoms with Crippen molar-refractivity contribution in [1.29, 1.82) is 5.26 Å². The van der Waals surface area contributed by atoms with Gasteiger partial charge in [0.15, 0.2) is 0 Å². The van der Waals surface area contributed by atoms with Crippen LogP contribution >= 0.6 is 0 Å². The number of carbonyl (C=O) groups excluding carboxylic acids is 1. The Morgan fingerprint density at radius 2 is 2.17 bits per heavy atom. The zero-order valence-corrected chi connectivity index (χ0v) is 12.9. The number of methoxy groups -OCH3 is 1. The summed E-state index contributed by atoms with van der Waals surface area (Å²) in [5.41, 5.74) is 1.81. The highest BCUT2D eigenvalue weighted by Crippen LogP contribution is 2.25. The van der Waals surface area contributed by atoms with Crippen molar-refractivity contribution in [3.8, 4) is 17.6 Å².